The van der Waals surface area contributed by atoms with Crippen molar-refractivity contribution in [1.82, 2.24) is 4.98 Å². The zero-order valence-electron chi connectivity index (χ0n) is 8.50. The van der Waals surface area contributed by atoms with Gasteiger partial charge in [-0.1, -0.05) is 0 Å². The van der Waals surface area contributed by atoms with Crippen LogP contribution in [0.1, 0.15) is 13.3 Å². The van der Waals surface area contributed by atoms with Crippen LogP contribution >= 0.6 is 0 Å². The summed E-state index contributed by atoms with van der Waals surface area (Å²) >= 11 is 0. The number of carbonyl (C=O) groups is 1. The van der Waals surface area contributed by atoms with Crippen LogP contribution in [0.25, 0.3) is 0 Å². The Morgan fingerprint density at radius 3 is 3.00 bits per heavy atom. The predicted molar refractivity (Wildman–Crippen MR) is 53.9 cm³/mol. The Morgan fingerprint density at radius 2 is 2.40 bits per heavy atom. The van der Waals surface area contributed by atoms with Crippen LogP contribution in [0.5, 0.6) is 0 Å². The molecule has 82 valence electrons. The maximum absolute atomic E-state index is 12.5. The third kappa shape index (κ3) is 4.39. The minimum absolute atomic E-state index is 0.257. The van der Waals surface area contributed by atoms with Crippen LogP contribution in [-0.2, 0) is 9.53 Å². The van der Waals surface area contributed by atoms with Crippen LogP contribution in [0, 0.1) is 5.82 Å². The van der Waals surface area contributed by atoms with E-state index in [0.717, 1.165) is 6.20 Å². The first-order chi connectivity index (χ1) is 7.22. The lowest BCUT2D eigenvalue weighted by atomic mass is 10.4. The number of rotatable bonds is 5. The number of carbonyl (C=O) groups excluding carboxylic acids is 1. The smallest absolute Gasteiger partial charge is 0.307 e. The Morgan fingerprint density at radius 1 is 1.60 bits per heavy atom. The lowest BCUT2D eigenvalue weighted by Gasteiger charge is -2.04. The van der Waals surface area contributed by atoms with Crippen molar-refractivity contribution in [3.05, 3.63) is 24.1 Å². The van der Waals surface area contributed by atoms with Gasteiger partial charge in [0.2, 0.25) is 0 Å². The van der Waals surface area contributed by atoms with Crippen molar-refractivity contribution in [3.8, 4) is 0 Å². The molecule has 0 saturated carbocycles. The molecule has 0 fully saturated rings. The van der Waals surface area contributed by atoms with Crippen molar-refractivity contribution in [2.24, 2.45) is 0 Å². The normalized spacial score (nSPS) is 9.73. The van der Waals surface area contributed by atoms with E-state index in [2.05, 4.69) is 10.3 Å². The molecular formula is C10H13FN2O2. The first-order valence-corrected chi connectivity index (χ1v) is 4.73. The molecule has 1 rings (SSSR count). The fourth-order valence-electron chi connectivity index (χ4n) is 1.01. The molecule has 0 aliphatic heterocycles. The number of pyridine rings is 1. The predicted octanol–water partition coefficient (Wildman–Crippen LogP) is 1.59. The molecule has 15 heavy (non-hydrogen) atoms. The maximum atomic E-state index is 12.5. The number of aromatic nitrogens is 1. The average Bonchev–Trinajstić information content (AvgIpc) is 2.21. The van der Waals surface area contributed by atoms with E-state index in [-0.39, 0.29) is 18.2 Å². The number of ether oxygens (including phenoxy) is 1. The summed E-state index contributed by atoms with van der Waals surface area (Å²) in [5.74, 6) is -0.0984. The number of nitrogens with zero attached hydrogens (tertiary/aromatic N) is 1. The molecule has 0 amide bonds. The molecule has 5 heteroatoms. The summed E-state index contributed by atoms with van der Waals surface area (Å²) in [7, 11) is 0. The van der Waals surface area contributed by atoms with Gasteiger partial charge in [0.05, 0.1) is 19.2 Å². The summed E-state index contributed by atoms with van der Waals surface area (Å²) in [5, 5.41) is 2.88. The number of anilines is 1. The molecule has 1 aromatic rings. The van der Waals surface area contributed by atoms with E-state index in [4.69, 9.17) is 4.74 Å². The standard InChI is InChI=1S/C10H13FN2O2/c1-2-15-10(14)5-6-12-9-4-3-8(11)7-13-9/h3-4,7H,2,5-6H2,1H3,(H,12,13). The van der Waals surface area contributed by atoms with Crippen LogP contribution in [0.4, 0.5) is 10.2 Å². The second-order valence-corrected chi connectivity index (χ2v) is 2.84. The molecule has 0 aromatic carbocycles. The van der Waals surface area contributed by atoms with Gasteiger partial charge in [-0.2, -0.15) is 0 Å². The largest absolute Gasteiger partial charge is 0.466 e. The molecule has 1 aromatic heterocycles. The Kier molecular flexibility index (Phi) is 4.53. The lowest BCUT2D eigenvalue weighted by Crippen LogP contribution is -2.11. The average molecular weight is 212 g/mol. The maximum Gasteiger partial charge on any atom is 0.307 e. The first kappa shape index (κ1) is 11.4. The van der Waals surface area contributed by atoms with Crippen LogP contribution in [-0.4, -0.2) is 24.1 Å². The summed E-state index contributed by atoms with van der Waals surface area (Å²) in [4.78, 5) is 14.7. The van der Waals surface area contributed by atoms with E-state index in [1.54, 1.807) is 6.92 Å². The highest BCUT2D eigenvalue weighted by molar-refractivity contribution is 5.69. The molecule has 0 unspecified atom stereocenters. The molecule has 4 nitrogen and oxygen atoms in total. The molecule has 1 heterocycles. The van der Waals surface area contributed by atoms with E-state index in [1.807, 2.05) is 0 Å². The van der Waals surface area contributed by atoms with E-state index in [9.17, 15) is 9.18 Å². The second kappa shape index (κ2) is 5.95. The highest BCUT2D eigenvalue weighted by atomic mass is 19.1. The molecule has 0 aliphatic rings. The van der Waals surface area contributed by atoms with Gasteiger partial charge >= 0.3 is 5.97 Å². The zero-order valence-corrected chi connectivity index (χ0v) is 8.50. The summed E-state index contributed by atoms with van der Waals surface area (Å²) in [5.41, 5.74) is 0. The molecule has 0 aliphatic carbocycles. The Labute approximate surface area is 87.5 Å². The van der Waals surface area contributed by atoms with E-state index in [1.165, 1.54) is 12.1 Å². The van der Waals surface area contributed by atoms with Crippen molar-refractivity contribution >= 4 is 11.8 Å². The minimum Gasteiger partial charge on any atom is -0.466 e. The molecular weight excluding hydrogens is 199 g/mol. The third-order valence-corrected chi connectivity index (χ3v) is 1.67. The Balaban J connectivity index is 2.26. The summed E-state index contributed by atoms with van der Waals surface area (Å²) in [6.45, 7) is 2.57. The molecule has 0 bridgehead atoms. The van der Waals surface area contributed by atoms with Gasteiger partial charge in [-0.3, -0.25) is 4.79 Å². The van der Waals surface area contributed by atoms with Crippen LogP contribution in [0.3, 0.4) is 0 Å². The third-order valence-electron chi connectivity index (χ3n) is 1.67. The number of halogens is 1. The van der Waals surface area contributed by atoms with Gasteiger partial charge in [-0.05, 0) is 19.1 Å². The SMILES string of the molecule is CCOC(=O)CCNc1ccc(F)cn1. The topological polar surface area (TPSA) is 51.2 Å². The van der Waals surface area contributed by atoms with Crippen molar-refractivity contribution < 1.29 is 13.9 Å². The Hall–Kier alpha value is -1.65. The number of hydrogen-bond acceptors (Lipinski definition) is 4. The fraction of sp³-hybridized carbons (Fsp3) is 0.400. The summed E-state index contributed by atoms with van der Waals surface area (Å²) in [6, 6.07) is 2.82. The quantitative estimate of drug-likeness (QED) is 0.753. The van der Waals surface area contributed by atoms with Crippen LogP contribution < -0.4 is 5.32 Å². The highest BCUT2D eigenvalue weighted by Crippen LogP contribution is 2.03. The van der Waals surface area contributed by atoms with Gasteiger partial charge in [0.1, 0.15) is 11.6 Å². The molecule has 0 radical (unpaired) electrons. The highest BCUT2D eigenvalue weighted by Gasteiger charge is 2.01. The van der Waals surface area contributed by atoms with Gasteiger partial charge in [-0.15, -0.1) is 0 Å². The van der Waals surface area contributed by atoms with Crippen LogP contribution in [0.15, 0.2) is 18.3 Å². The van der Waals surface area contributed by atoms with Gasteiger partial charge in [0.15, 0.2) is 0 Å². The molecule has 1 N–H and O–H groups in total. The van der Waals surface area contributed by atoms with E-state index >= 15 is 0 Å². The Bertz CT molecular complexity index is 314. The van der Waals surface area contributed by atoms with Gasteiger partial charge in [0.25, 0.3) is 0 Å². The molecule has 0 atom stereocenters. The van der Waals surface area contributed by atoms with Gasteiger partial charge < -0.3 is 10.1 Å². The van der Waals surface area contributed by atoms with Crippen molar-refractivity contribution in [1.29, 1.82) is 0 Å². The fourth-order valence-corrected chi connectivity index (χ4v) is 1.01. The molecule has 0 spiro atoms. The van der Waals surface area contributed by atoms with Crippen molar-refractivity contribution in [2.75, 3.05) is 18.5 Å². The van der Waals surface area contributed by atoms with Gasteiger partial charge in [0, 0.05) is 6.54 Å². The summed E-state index contributed by atoms with van der Waals surface area (Å²) < 4.78 is 17.2. The van der Waals surface area contributed by atoms with Crippen molar-refractivity contribution in [2.45, 2.75) is 13.3 Å². The van der Waals surface area contributed by atoms with Crippen LogP contribution in [0.2, 0.25) is 0 Å². The monoisotopic (exact) mass is 212 g/mol. The number of nitrogens with one attached hydrogen (secondary N) is 1. The second-order valence-electron chi connectivity index (χ2n) is 2.84. The van der Waals surface area contributed by atoms with E-state index in [0.29, 0.717) is 19.0 Å². The first-order valence-electron chi connectivity index (χ1n) is 4.73. The van der Waals surface area contributed by atoms with Gasteiger partial charge in [-0.25, -0.2) is 9.37 Å². The van der Waals surface area contributed by atoms with E-state index < -0.39 is 0 Å². The van der Waals surface area contributed by atoms with Crippen molar-refractivity contribution in [3.63, 3.8) is 0 Å². The number of hydrogen-bond donors (Lipinski definition) is 1. The lowest BCUT2D eigenvalue weighted by molar-refractivity contribution is -0.142. The minimum atomic E-state index is -0.383. The zero-order chi connectivity index (χ0) is 11.1. The molecule has 0 saturated heterocycles. The number of esters is 1. The summed E-state index contributed by atoms with van der Waals surface area (Å²) in [6.07, 6.45) is 1.39.